The van der Waals surface area contributed by atoms with Crippen LogP contribution in [0.25, 0.3) is 0 Å². The van der Waals surface area contributed by atoms with Crippen molar-refractivity contribution in [1.82, 2.24) is 4.90 Å². The Labute approximate surface area is 113 Å². The second-order valence-electron chi connectivity index (χ2n) is 4.63. The van der Waals surface area contributed by atoms with Gasteiger partial charge in [0, 0.05) is 23.8 Å². The molecule has 2 nitrogen and oxygen atoms in total. The molecule has 1 aromatic rings. The minimum atomic E-state index is 0.725. The molecule has 1 N–H and O–H groups in total. The quantitative estimate of drug-likeness (QED) is 0.781. The normalized spacial score (nSPS) is 20.1. The summed E-state index contributed by atoms with van der Waals surface area (Å²) in [6, 6.07) is 7.65. The lowest BCUT2D eigenvalue weighted by Crippen LogP contribution is -2.41. The predicted octanol–water partition coefficient (Wildman–Crippen LogP) is 3.77. The summed E-state index contributed by atoms with van der Waals surface area (Å²) in [5, 5.41) is 4.78. The third-order valence-corrected chi connectivity index (χ3v) is 3.62. The summed E-state index contributed by atoms with van der Waals surface area (Å²) < 4.78 is 0. The van der Waals surface area contributed by atoms with E-state index in [1.165, 1.54) is 12.8 Å². The largest absolute Gasteiger partial charge is 0.349 e. The first-order valence-electron chi connectivity index (χ1n) is 5.96. The Morgan fingerprint density at radius 1 is 1.53 bits per heavy atom. The second-order valence-corrected chi connectivity index (χ2v) is 5.46. The lowest BCUT2D eigenvalue weighted by Gasteiger charge is -2.33. The van der Waals surface area contributed by atoms with Gasteiger partial charge in [0.1, 0.15) is 0 Å². The molecule has 0 aliphatic carbocycles. The van der Waals surface area contributed by atoms with Crippen LogP contribution in [-0.4, -0.2) is 23.1 Å². The number of nitrogens with zero attached hydrogens (tertiary/aromatic N) is 1. The fourth-order valence-corrected chi connectivity index (χ4v) is 2.62. The Bertz CT molecular complexity index is 408. The summed E-state index contributed by atoms with van der Waals surface area (Å²) in [5.74, 6) is 0.725. The fourth-order valence-electron chi connectivity index (χ4n) is 2.14. The molecule has 0 aromatic heterocycles. The Morgan fingerprint density at radius 3 is 3.06 bits per heavy atom. The van der Waals surface area contributed by atoms with Gasteiger partial charge in [-0.15, -0.1) is 0 Å². The number of thiocarbonyl (C=S) groups is 1. The Hall–Kier alpha value is -0.800. The maximum absolute atomic E-state index is 5.94. The highest BCUT2D eigenvalue weighted by atomic mass is 35.5. The van der Waals surface area contributed by atoms with Crippen LogP contribution in [0.1, 0.15) is 19.8 Å². The molecule has 1 unspecified atom stereocenters. The smallest absolute Gasteiger partial charge is 0.173 e. The highest BCUT2D eigenvalue weighted by Gasteiger charge is 2.18. The molecule has 0 radical (unpaired) electrons. The van der Waals surface area contributed by atoms with Gasteiger partial charge < -0.3 is 10.2 Å². The second kappa shape index (κ2) is 5.69. The van der Waals surface area contributed by atoms with E-state index in [0.29, 0.717) is 0 Å². The molecule has 1 aliphatic rings. The van der Waals surface area contributed by atoms with E-state index in [1.807, 2.05) is 24.3 Å². The van der Waals surface area contributed by atoms with E-state index >= 15 is 0 Å². The van der Waals surface area contributed by atoms with Gasteiger partial charge in [-0.1, -0.05) is 24.6 Å². The van der Waals surface area contributed by atoms with Gasteiger partial charge >= 0.3 is 0 Å². The molecule has 1 heterocycles. The van der Waals surface area contributed by atoms with Crippen LogP contribution in [0, 0.1) is 5.92 Å². The van der Waals surface area contributed by atoms with Crippen LogP contribution in [0.2, 0.25) is 5.02 Å². The Balaban J connectivity index is 1.96. The molecule has 92 valence electrons. The number of anilines is 1. The van der Waals surface area contributed by atoms with Gasteiger partial charge in [0.2, 0.25) is 0 Å². The van der Waals surface area contributed by atoms with Gasteiger partial charge in [-0.2, -0.15) is 0 Å². The highest BCUT2D eigenvalue weighted by Crippen LogP contribution is 2.18. The molecule has 1 aromatic carbocycles. The lowest BCUT2D eigenvalue weighted by molar-refractivity contribution is 0.276. The van der Waals surface area contributed by atoms with Crippen molar-refractivity contribution >= 4 is 34.6 Å². The summed E-state index contributed by atoms with van der Waals surface area (Å²) >= 11 is 11.4. The monoisotopic (exact) mass is 268 g/mol. The predicted molar refractivity (Wildman–Crippen MR) is 77.6 cm³/mol. The van der Waals surface area contributed by atoms with Gasteiger partial charge in [0.25, 0.3) is 0 Å². The average Bonchev–Trinajstić information content (AvgIpc) is 2.29. The number of likely N-dealkylation sites (tertiary alicyclic amines) is 1. The highest BCUT2D eigenvalue weighted by molar-refractivity contribution is 7.80. The summed E-state index contributed by atoms with van der Waals surface area (Å²) in [6.07, 6.45) is 2.52. The molecule has 0 saturated carbocycles. The molecular weight excluding hydrogens is 252 g/mol. The van der Waals surface area contributed by atoms with Gasteiger partial charge in [0.15, 0.2) is 5.11 Å². The first kappa shape index (κ1) is 12.7. The zero-order valence-corrected chi connectivity index (χ0v) is 11.5. The number of benzene rings is 1. The first-order valence-corrected chi connectivity index (χ1v) is 6.75. The zero-order chi connectivity index (χ0) is 12.3. The molecule has 1 fully saturated rings. The minimum Gasteiger partial charge on any atom is -0.349 e. The van der Waals surface area contributed by atoms with Gasteiger partial charge in [-0.25, -0.2) is 0 Å². The maximum atomic E-state index is 5.94. The van der Waals surface area contributed by atoms with Crippen molar-refractivity contribution in [1.29, 1.82) is 0 Å². The molecule has 1 aliphatic heterocycles. The molecule has 0 spiro atoms. The van der Waals surface area contributed by atoms with Crippen molar-refractivity contribution in [2.45, 2.75) is 19.8 Å². The van der Waals surface area contributed by atoms with E-state index in [2.05, 4.69) is 17.1 Å². The van der Waals surface area contributed by atoms with Crippen molar-refractivity contribution in [3.63, 3.8) is 0 Å². The van der Waals surface area contributed by atoms with Crippen molar-refractivity contribution in [2.24, 2.45) is 5.92 Å². The third-order valence-electron chi connectivity index (χ3n) is 3.02. The Kier molecular flexibility index (Phi) is 4.24. The minimum absolute atomic E-state index is 0.725. The van der Waals surface area contributed by atoms with Crippen molar-refractivity contribution in [2.75, 3.05) is 18.4 Å². The van der Waals surface area contributed by atoms with Crippen LogP contribution < -0.4 is 5.32 Å². The summed E-state index contributed by atoms with van der Waals surface area (Å²) in [4.78, 5) is 2.24. The van der Waals surface area contributed by atoms with Gasteiger partial charge in [0.05, 0.1) is 0 Å². The molecule has 1 saturated heterocycles. The average molecular weight is 269 g/mol. The van der Waals surface area contributed by atoms with E-state index in [0.717, 1.165) is 34.8 Å². The number of hydrogen-bond acceptors (Lipinski definition) is 1. The SMILES string of the molecule is CC1CCCN(C(=S)Nc2cccc(Cl)c2)C1. The van der Waals surface area contributed by atoms with E-state index in [-0.39, 0.29) is 0 Å². The standard InChI is InChI=1S/C13H17ClN2S/c1-10-4-3-7-16(9-10)13(17)15-12-6-2-5-11(14)8-12/h2,5-6,8,10H,3-4,7,9H2,1H3,(H,15,17). The summed E-state index contributed by atoms with van der Waals surface area (Å²) in [5.41, 5.74) is 0.959. The third kappa shape index (κ3) is 3.58. The van der Waals surface area contributed by atoms with Crippen molar-refractivity contribution in [3.05, 3.63) is 29.3 Å². The first-order chi connectivity index (χ1) is 8.15. The lowest BCUT2D eigenvalue weighted by atomic mass is 10.0. The number of hydrogen-bond donors (Lipinski definition) is 1. The molecule has 1 atom stereocenters. The Morgan fingerprint density at radius 2 is 2.35 bits per heavy atom. The molecule has 17 heavy (non-hydrogen) atoms. The zero-order valence-electron chi connectivity index (χ0n) is 9.95. The van der Waals surface area contributed by atoms with Crippen LogP contribution in [0.3, 0.4) is 0 Å². The van der Waals surface area contributed by atoms with Crippen molar-refractivity contribution in [3.8, 4) is 0 Å². The fraction of sp³-hybridized carbons (Fsp3) is 0.462. The van der Waals surface area contributed by atoms with E-state index in [1.54, 1.807) is 0 Å². The number of nitrogens with one attached hydrogen (secondary N) is 1. The van der Waals surface area contributed by atoms with Gasteiger partial charge in [-0.05, 0) is 49.2 Å². The molecule has 4 heteroatoms. The topological polar surface area (TPSA) is 15.3 Å². The number of piperidine rings is 1. The van der Waals surface area contributed by atoms with Crippen LogP contribution in [0.15, 0.2) is 24.3 Å². The summed E-state index contributed by atoms with van der Waals surface area (Å²) in [7, 11) is 0. The molecule has 0 amide bonds. The molecule has 0 bridgehead atoms. The van der Waals surface area contributed by atoms with E-state index < -0.39 is 0 Å². The van der Waals surface area contributed by atoms with Crippen molar-refractivity contribution < 1.29 is 0 Å². The van der Waals surface area contributed by atoms with E-state index in [9.17, 15) is 0 Å². The van der Waals surface area contributed by atoms with Crippen LogP contribution in [0.5, 0.6) is 0 Å². The van der Waals surface area contributed by atoms with Gasteiger partial charge in [-0.3, -0.25) is 0 Å². The molecule has 2 rings (SSSR count). The van der Waals surface area contributed by atoms with Crippen LogP contribution >= 0.6 is 23.8 Å². The van der Waals surface area contributed by atoms with E-state index in [4.69, 9.17) is 23.8 Å². The maximum Gasteiger partial charge on any atom is 0.173 e. The van der Waals surface area contributed by atoms with Crippen LogP contribution in [0.4, 0.5) is 5.69 Å². The number of halogens is 1. The number of rotatable bonds is 1. The molecular formula is C13H17ClN2S. The van der Waals surface area contributed by atoms with Crippen LogP contribution in [-0.2, 0) is 0 Å². The summed E-state index contributed by atoms with van der Waals surface area (Å²) in [6.45, 7) is 4.37.